The molecule has 0 saturated heterocycles. The second kappa shape index (κ2) is 7.18. The van der Waals surface area contributed by atoms with Crippen molar-refractivity contribution in [3.63, 3.8) is 0 Å². The average Bonchev–Trinajstić information content (AvgIpc) is 2.97. The van der Waals surface area contributed by atoms with E-state index in [2.05, 4.69) is 34.9 Å². The number of ether oxygens (including phenoxy) is 1. The van der Waals surface area contributed by atoms with Crippen LogP contribution in [0.25, 0.3) is 0 Å². The number of nitrogens with one attached hydrogen (secondary N) is 2. The van der Waals surface area contributed by atoms with Crippen LogP contribution in [0.3, 0.4) is 0 Å². The van der Waals surface area contributed by atoms with Crippen molar-refractivity contribution >= 4 is 6.03 Å². The number of benzene rings is 2. The maximum atomic E-state index is 12.0. The van der Waals surface area contributed by atoms with Crippen molar-refractivity contribution < 1.29 is 9.53 Å². The second-order valence-corrected chi connectivity index (χ2v) is 5.87. The molecular weight excluding hydrogens is 288 g/mol. The zero-order valence-corrected chi connectivity index (χ0v) is 13.3. The van der Waals surface area contributed by atoms with Crippen LogP contribution in [0.1, 0.15) is 16.7 Å². The minimum Gasteiger partial charge on any atom is -0.497 e. The van der Waals surface area contributed by atoms with Crippen molar-refractivity contribution in [2.75, 3.05) is 13.7 Å². The Morgan fingerprint density at radius 2 is 1.74 bits per heavy atom. The molecule has 0 atom stereocenters. The molecule has 4 nitrogen and oxygen atoms in total. The van der Waals surface area contributed by atoms with Gasteiger partial charge in [-0.15, -0.1) is 0 Å². The summed E-state index contributed by atoms with van der Waals surface area (Å²) in [4.78, 5) is 12.0. The highest BCUT2D eigenvalue weighted by Gasteiger charge is 2.21. The number of amides is 2. The highest BCUT2D eigenvalue weighted by molar-refractivity contribution is 5.74. The van der Waals surface area contributed by atoms with Gasteiger partial charge < -0.3 is 15.4 Å². The lowest BCUT2D eigenvalue weighted by atomic mass is 10.1. The summed E-state index contributed by atoms with van der Waals surface area (Å²) in [5, 5.41) is 5.99. The van der Waals surface area contributed by atoms with Crippen molar-refractivity contribution in [3.05, 3.63) is 65.2 Å². The van der Waals surface area contributed by atoms with Crippen molar-refractivity contribution in [3.8, 4) is 5.75 Å². The molecule has 2 amide bonds. The molecule has 3 rings (SSSR count). The highest BCUT2D eigenvalue weighted by Crippen LogP contribution is 2.21. The number of carbonyl (C=O) groups excluding carboxylic acids is 1. The third kappa shape index (κ3) is 4.03. The van der Waals surface area contributed by atoms with E-state index >= 15 is 0 Å². The van der Waals surface area contributed by atoms with Gasteiger partial charge in [-0.2, -0.15) is 0 Å². The van der Waals surface area contributed by atoms with Gasteiger partial charge >= 0.3 is 6.03 Å². The lowest BCUT2D eigenvalue weighted by molar-refractivity contribution is 0.237. The van der Waals surface area contributed by atoms with Gasteiger partial charge in [0.2, 0.25) is 0 Å². The Kier molecular flexibility index (Phi) is 4.81. The maximum Gasteiger partial charge on any atom is 0.315 e. The smallest absolute Gasteiger partial charge is 0.315 e. The molecule has 0 unspecified atom stereocenters. The Hall–Kier alpha value is -2.49. The molecule has 1 aliphatic carbocycles. The number of fused-ring (bicyclic) bond motifs is 1. The molecule has 0 heterocycles. The van der Waals surface area contributed by atoms with E-state index in [4.69, 9.17) is 4.74 Å². The largest absolute Gasteiger partial charge is 0.497 e. The number of urea groups is 1. The number of hydrogen-bond donors (Lipinski definition) is 2. The Morgan fingerprint density at radius 1 is 1.09 bits per heavy atom. The van der Waals surface area contributed by atoms with Crippen molar-refractivity contribution in [1.82, 2.24) is 10.6 Å². The fourth-order valence-electron chi connectivity index (χ4n) is 3.01. The van der Waals surface area contributed by atoms with Crippen LogP contribution in [0, 0.1) is 0 Å². The Morgan fingerprint density at radius 3 is 2.35 bits per heavy atom. The van der Waals surface area contributed by atoms with Crippen LogP contribution in [0.15, 0.2) is 48.5 Å². The normalized spacial score (nSPS) is 13.4. The van der Waals surface area contributed by atoms with E-state index in [1.807, 2.05) is 24.3 Å². The van der Waals surface area contributed by atoms with Gasteiger partial charge in [0, 0.05) is 12.6 Å². The van der Waals surface area contributed by atoms with Crippen LogP contribution in [0.4, 0.5) is 4.79 Å². The predicted octanol–water partition coefficient (Wildman–Crippen LogP) is 2.70. The summed E-state index contributed by atoms with van der Waals surface area (Å²) in [5.41, 5.74) is 3.87. The topological polar surface area (TPSA) is 50.4 Å². The fourth-order valence-corrected chi connectivity index (χ4v) is 3.01. The molecular formula is C19H22N2O2. The minimum absolute atomic E-state index is 0.0867. The van der Waals surface area contributed by atoms with E-state index < -0.39 is 0 Å². The molecule has 2 aromatic rings. The number of rotatable bonds is 5. The molecule has 2 N–H and O–H groups in total. The zero-order chi connectivity index (χ0) is 16.1. The first-order valence-electron chi connectivity index (χ1n) is 7.98. The zero-order valence-electron chi connectivity index (χ0n) is 13.3. The summed E-state index contributed by atoms with van der Waals surface area (Å²) in [6.07, 6.45) is 2.65. The molecule has 120 valence electrons. The van der Waals surface area contributed by atoms with E-state index in [1.165, 1.54) is 16.7 Å². The first-order valence-corrected chi connectivity index (χ1v) is 7.98. The Labute approximate surface area is 136 Å². The van der Waals surface area contributed by atoms with Gasteiger partial charge in [0.05, 0.1) is 7.11 Å². The molecule has 4 heteroatoms. The van der Waals surface area contributed by atoms with Crippen LogP contribution >= 0.6 is 0 Å². The Balaban J connectivity index is 1.40. The number of methoxy groups -OCH3 is 1. The van der Waals surface area contributed by atoms with Crippen LogP contribution in [0.2, 0.25) is 0 Å². The number of hydrogen-bond acceptors (Lipinski definition) is 2. The van der Waals surface area contributed by atoms with Gasteiger partial charge in [0.1, 0.15) is 5.75 Å². The van der Waals surface area contributed by atoms with E-state index in [-0.39, 0.29) is 12.1 Å². The maximum absolute atomic E-state index is 12.0. The van der Waals surface area contributed by atoms with E-state index in [0.29, 0.717) is 6.54 Å². The van der Waals surface area contributed by atoms with Crippen molar-refractivity contribution in [2.45, 2.75) is 25.3 Å². The third-order valence-electron chi connectivity index (χ3n) is 4.24. The molecule has 0 aromatic heterocycles. The summed E-state index contributed by atoms with van der Waals surface area (Å²) >= 11 is 0. The molecule has 0 spiro atoms. The monoisotopic (exact) mass is 310 g/mol. The van der Waals surface area contributed by atoms with Crippen LogP contribution < -0.4 is 15.4 Å². The molecule has 0 saturated carbocycles. The summed E-state index contributed by atoms with van der Waals surface area (Å²) in [5.74, 6) is 0.847. The van der Waals surface area contributed by atoms with Crippen LogP contribution in [-0.4, -0.2) is 25.7 Å². The molecule has 0 bridgehead atoms. The summed E-state index contributed by atoms with van der Waals surface area (Å²) < 4.78 is 5.13. The Bertz CT molecular complexity index is 642. The van der Waals surface area contributed by atoms with Gasteiger partial charge in [0.25, 0.3) is 0 Å². The summed E-state index contributed by atoms with van der Waals surface area (Å²) in [7, 11) is 1.65. The average molecular weight is 310 g/mol. The second-order valence-electron chi connectivity index (χ2n) is 5.87. The molecule has 1 aliphatic rings. The quantitative estimate of drug-likeness (QED) is 0.892. The molecule has 0 radical (unpaired) electrons. The molecule has 23 heavy (non-hydrogen) atoms. The number of carbonyl (C=O) groups is 1. The lowest BCUT2D eigenvalue weighted by Gasteiger charge is -2.13. The third-order valence-corrected chi connectivity index (χ3v) is 4.24. The first-order chi connectivity index (χ1) is 11.2. The van der Waals surface area contributed by atoms with Gasteiger partial charge in [-0.25, -0.2) is 4.79 Å². The van der Waals surface area contributed by atoms with Gasteiger partial charge in [-0.3, -0.25) is 0 Å². The van der Waals surface area contributed by atoms with E-state index in [1.54, 1.807) is 7.11 Å². The van der Waals surface area contributed by atoms with E-state index in [0.717, 1.165) is 25.0 Å². The minimum atomic E-state index is -0.0867. The van der Waals surface area contributed by atoms with Gasteiger partial charge in [-0.1, -0.05) is 36.4 Å². The van der Waals surface area contributed by atoms with Crippen LogP contribution in [0.5, 0.6) is 5.75 Å². The lowest BCUT2D eigenvalue weighted by Crippen LogP contribution is -2.43. The summed E-state index contributed by atoms with van der Waals surface area (Å²) in [6, 6.07) is 16.4. The van der Waals surface area contributed by atoms with Gasteiger partial charge in [-0.05, 0) is 48.1 Å². The molecule has 2 aromatic carbocycles. The standard InChI is InChI=1S/C19H22N2O2/c1-23-18-8-6-14(7-9-18)10-11-20-19(22)21-17-12-15-4-2-3-5-16(15)13-17/h2-9,17H,10-13H2,1H3,(H2,20,21,22). The SMILES string of the molecule is COc1ccc(CCNC(=O)NC2Cc3ccccc3C2)cc1. The van der Waals surface area contributed by atoms with Gasteiger partial charge in [0.15, 0.2) is 0 Å². The first kappa shape index (κ1) is 15.4. The summed E-state index contributed by atoms with van der Waals surface area (Å²) in [6.45, 7) is 0.623. The van der Waals surface area contributed by atoms with Crippen LogP contribution in [-0.2, 0) is 19.3 Å². The van der Waals surface area contributed by atoms with E-state index in [9.17, 15) is 4.79 Å². The van der Waals surface area contributed by atoms with Crippen molar-refractivity contribution in [1.29, 1.82) is 0 Å². The van der Waals surface area contributed by atoms with Crippen molar-refractivity contribution in [2.24, 2.45) is 0 Å². The predicted molar refractivity (Wildman–Crippen MR) is 90.9 cm³/mol. The molecule has 0 fully saturated rings. The highest BCUT2D eigenvalue weighted by atomic mass is 16.5. The fraction of sp³-hybridized carbons (Fsp3) is 0.316. The molecule has 0 aliphatic heterocycles.